The van der Waals surface area contributed by atoms with Crippen molar-refractivity contribution in [1.29, 1.82) is 0 Å². The van der Waals surface area contributed by atoms with E-state index in [0.717, 1.165) is 19.0 Å². The van der Waals surface area contributed by atoms with Crippen LogP contribution in [-0.4, -0.2) is 16.3 Å². The maximum absolute atomic E-state index is 4.53. The number of halogens is 1. The van der Waals surface area contributed by atoms with Crippen LogP contribution in [0.5, 0.6) is 0 Å². The van der Waals surface area contributed by atoms with Crippen molar-refractivity contribution in [3.8, 4) is 0 Å². The quantitative estimate of drug-likeness (QED) is 0.926. The van der Waals surface area contributed by atoms with Crippen LogP contribution in [0.4, 0.5) is 0 Å². The lowest BCUT2D eigenvalue weighted by atomic mass is 9.84. The smallest absolute Gasteiger partial charge is 0.0729 e. The molecule has 1 saturated carbocycles. The fourth-order valence-electron chi connectivity index (χ4n) is 3.47. The van der Waals surface area contributed by atoms with E-state index in [1.165, 1.54) is 48.7 Å². The summed E-state index contributed by atoms with van der Waals surface area (Å²) >= 11 is 3.73. The van der Waals surface area contributed by atoms with E-state index in [1.807, 2.05) is 6.20 Å². The molecule has 4 heteroatoms. The van der Waals surface area contributed by atoms with E-state index in [-0.39, 0.29) is 5.54 Å². The highest BCUT2D eigenvalue weighted by Crippen LogP contribution is 2.50. The molecule has 1 unspecified atom stereocenters. The largest absolute Gasteiger partial charge is 0.306 e. The van der Waals surface area contributed by atoms with Crippen LogP contribution in [0.2, 0.25) is 0 Å². The minimum Gasteiger partial charge on any atom is -0.306 e. The topological polar surface area (TPSA) is 29.9 Å². The summed E-state index contributed by atoms with van der Waals surface area (Å²) in [6.45, 7) is 4.29. The monoisotopic (exact) mass is 311 g/mol. The minimum absolute atomic E-state index is 0.182. The Morgan fingerprint density at radius 3 is 3.00 bits per heavy atom. The molecular weight excluding hydrogens is 290 g/mol. The lowest BCUT2D eigenvalue weighted by Crippen LogP contribution is -2.45. The van der Waals surface area contributed by atoms with Gasteiger partial charge in [0.1, 0.15) is 0 Å². The molecule has 0 bridgehead atoms. The minimum atomic E-state index is 0.182. The zero-order valence-corrected chi connectivity index (χ0v) is 12.7. The number of hydrogen-bond donors (Lipinski definition) is 1. The summed E-state index contributed by atoms with van der Waals surface area (Å²) in [6.07, 6.45) is 9.98. The molecule has 2 fully saturated rings. The molecule has 1 N–H and O–H groups in total. The first-order chi connectivity index (χ1) is 8.78. The van der Waals surface area contributed by atoms with E-state index in [0.29, 0.717) is 0 Å². The van der Waals surface area contributed by atoms with Gasteiger partial charge in [0.2, 0.25) is 0 Å². The van der Waals surface area contributed by atoms with Crippen LogP contribution in [0.3, 0.4) is 0 Å². The Bertz CT molecular complexity index is 415. The van der Waals surface area contributed by atoms with Gasteiger partial charge in [0.15, 0.2) is 0 Å². The molecule has 3 nitrogen and oxygen atoms in total. The molecule has 2 aliphatic rings. The first-order valence-electron chi connectivity index (χ1n) is 7.25. The van der Waals surface area contributed by atoms with E-state index in [9.17, 15) is 0 Å². The second-order valence-electron chi connectivity index (χ2n) is 5.64. The van der Waals surface area contributed by atoms with Crippen molar-refractivity contribution >= 4 is 15.9 Å². The highest BCUT2D eigenvalue weighted by molar-refractivity contribution is 9.10. The Morgan fingerprint density at radius 2 is 2.28 bits per heavy atom. The van der Waals surface area contributed by atoms with Crippen molar-refractivity contribution in [1.82, 2.24) is 15.1 Å². The molecule has 3 rings (SSSR count). The number of nitrogens with one attached hydrogen (secondary N) is 1. The van der Waals surface area contributed by atoms with Crippen LogP contribution >= 0.6 is 15.9 Å². The number of hydrogen-bond acceptors (Lipinski definition) is 2. The summed E-state index contributed by atoms with van der Waals surface area (Å²) in [7, 11) is 0. The molecule has 1 aliphatic carbocycles. The van der Waals surface area contributed by atoms with Crippen molar-refractivity contribution in [2.24, 2.45) is 5.92 Å². The molecule has 2 heterocycles. The summed E-state index contributed by atoms with van der Waals surface area (Å²) in [5, 5.41) is 8.41. The lowest BCUT2D eigenvalue weighted by Gasteiger charge is -2.35. The van der Waals surface area contributed by atoms with Gasteiger partial charge in [-0.25, -0.2) is 0 Å². The van der Waals surface area contributed by atoms with Gasteiger partial charge in [0.05, 0.1) is 21.9 Å². The zero-order chi connectivity index (χ0) is 12.6. The number of aromatic nitrogens is 2. The van der Waals surface area contributed by atoms with Crippen molar-refractivity contribution < 1.29 is 0 Å². The Balaban J connectivity index is 2.04. The second kappa shape index (κ2) is 4.97. The van der Waals surface area contributed by atoms with Crippen molar-refractivity contribution in [3.05, 3.63) is 16.4 Å². The molecule has 0 radical (unpaired) electrons. The summed E-state index contributed by atoms with van der Waals surface area (Å²) in [5.41, 5.74) is 1.58. The normalized spacial score (nSPS) is 29.2. The van der Waals surface area contributed by atoms with Gasteiger partial charge >= 0.3 is 0 Å². The van der Waals surface area contributed by atoms with Gasteiger partial charge in [-0.05, 0) is 61.0 Å². The molecule has 1 aromatic heterocycles. The Hall–Kier alpha value is -0.350. The van der Waals surface area contributed by atoms with Gasteiger partial charge < -0.3 is 5.32 Å². The number of nitrogens with zero attached hydrogens (tertiary/aromatic N) is 2. The van der Waals surface area contributed by atoms with E-state index >= 15 is 0 Å². The standard InChI is InChI=1S/C14H22BrN3/c1-2-18-13(12(15)10-17-18)14(11-6-7-11)8-4-3-5-9-16-14/h10-11,16H,2-9H2,1H3. The maximum Gasteiger partial charge on any atom is 0.0729 e. The molecule has 1 aromatic rings. The highest BCUT2D eigenvalue weighted by Gasteiger charge is 2.48. The number of aryl methyl sites for hydroxylation is 1. The molecule has 0 amide bonds. The summed E-state index contributed by atoms with van der Waals surface area (Å²) in [5.74, 6) is 0.814. The molecule has 1 saturated heterocycles. The first kappa shape index (κ1) is 12.7. The van der Waals surface area contributed by atoms with Crippen molar-refractivity contribution in [3.63, 3.8) is 0 Å². The second-order valence-corrected chi connectivity index (χ2v) is 6.49. The molecule has 1 aliphatic heterocycles. The fourth-order valence-corrected chi connectivity index (χ4v) is 4.12. The van der Waals surface area contributed by atoms with Crippen LogP contribution < -0.4 is 5.32 Å². The first-order valence-corrected chi connectivity index (χ1v) is 8.04. The van der Waals surface area contributed by atoms with Crippen LogP contribution in [-0.2, 0) is 12.1 Å². The van der Waals surface area contributed by atoms with E-state index < -0.39 is 0 Å². The maximum atomic E-state index is 4.53. The van der Waals surface area contributed by atoms with Crippen molar-refractivity contribution in [2.75, 3.05) is 6.54 Å². The van der Waals surface area contributed by atoms with Gasteiger partial charge in [-0.3, -0.25) is 4.68 Å². The van der Waals surface area contributed by atoms with E-state index in [2.05, 4.69) is 38.0 Å². The van der Waals surface area contributed by atoms with Crippen LogP contribution in [0.1, 0.15) is 51.1 Å². The third-order valence-electron chi connectivity index (χ3n) is 4.48. The third kappa shape index (κ3) is 2.03. The van der Waals surface area contributed by atoms with Crippen LogP contribution in [0.25, 0.3) is 0 Å². The summed E-state index contributed by atoms with van der Waals surface area (Å²) in [6, 6.07) is 0. The third-order valence-corrected chi connectivity index (χ3v) is 5.06. The summed E-state index contributed by atoms with van der Waals surface area (Å²) < 4.78 is 3.37. The predicted octanol–water partition coefficient (Wildman–Crippen LogP) is 3.43. The molecule has 0 spiro atoms. The summed E-state index contributed by atoms with van der Waals surface area (Å²) in [4.78, 5) is 0. The average molecular weight is 312 g/mol. The fraction of sp³-hybridized carbons (Fsp3) is 0.786. The Labute approximate surface area is 117 Å². The van der Waals surface area contributed by atoms with E-state index in [1.54, 1.807) is 0 Å². The van der Waals surface area contributed by atoms with Gasteiger partial charge in [0.25, 0.3) is 0 Å². The van der Waals surface area contributed by atoms with Crippen LogP contribution in [0.15, 0.2) is 10.7 Å². The van der Waals surface area contributed by atoms with Crippen LogP contribution in [0, 0.1) is 5.92 Å². The van der Waals surface area contributed by atoms with E-state index in [4.69, 9.17) is 0 Å². The van der Waals surface area contributed by atoms with Gasteiger partial charge in [-0.15, -0.1) is 0 Å². The molecule has 1 atom stereocenters. The molecule has 100 valence electrons. The van der Waals surface area contributed by atoms with Crippen molar-refractivity contribution in [2.45, 2.75) is 57.5 Å². The zero-order valence-electron chi connectivity index (χ0n) is 11.1. The lowest BCUT2D eigenvalue weighted by molar-refractivity contribution is 0.256. The Morgan fingerprint density at radius 1 is 1.44 bits per heavy atom. The van der Waals surface area contributed by atoms with Gasteiger partial charge in [-0.1, -0.05) is 12.8 Å². The molecule has 18 heavy (non-hydrogen) atoms. The highest BCUT2D eigenvalue weighted by atomic mass is 79.9. The van der Waals surface area contributed by atoms with Gasteiger partial charge in [-0.2, -0.15) is 5.10 Å². The number of rotatable bonds is 3. The predicted molar refractivity (Wildman–Crippen MR) is 76.5 cm³/mol. The average Bonchev–Trinajstić information content (AvgIpc) is 3.17. The molecular formula is C14H22BrN3. The SMILES string of the molecule is CCn1ncc(Br)c1C1(C2CC2)CCCCCN1. The Kier molecular flexibility index (Phi) is 3.50. The van der Waals surface area contributed by atoms with Gasteiger partial charge in [0, 0.05) is 6.54 Å². The molecule has 0 aromatic carbocycles.